The highest BCUT2D eigenvalue weighted by Gasteiger charge is 2.24. The molecule has 0 spiro atoms. The number of halogens is 1. The Kier molecular flexibility index (Phi) is 5.08. The number of H-pyrrole nitrogens is 1. The number of aromatic nitrogens is 1. The Hall–Kier alpha value is -1.72. The SMILES string of the molecule is COCCNC(=O)N1CCC(c2cc3cc(Cl)ccc3[nH]2)CC1. The number of benzene rings is 1. The second kappa shape index (κ2) is 7.23. The van der Waals surface area contributed by atoms with Gasteiger partial charge in [-0.25, -0.2) is 4.79 Å². The number of nitrogens with one attached hydrogen (secondary N) is 2. The lowest BCUT2D eigenvalue weighted by Crippen LogP contribution is -2.44. The molecule has 23 heavy (non-hydrogen) atoms. The zero-order chi connectivity index (χ0) is 16.2. The highest BCUT2D eigenvalue weighted by Crippen LogP contribution is 2.30. The van der Waals surface area contributed by atoms with E-state index in [1.807, 2.05) is 23.1 Å². The normalized spacial score (nSPS) is 16.0. The van der Waals surface area contributed by atoms with Crippen LogP contribution in [0, 0.1) is 0 Å². The quantitative estimate of drug-likeness (QED) is 0.842. The topological polar surface area (TPSA) is 57.4 Å². The molecule has 0 atom stereocenters. The van der Waals surface area contributed by atoms with Gasteiger partial charge in [-0.05, 0) is 37.1 Å². The molecule has 124 valence electrons. The van der Waals surface area contributed by atoms with Crippen LogP contribution in [0.15, 0.2) is 24.3 Å². The van der Waals surface area contributed by atoms with Gasteiger partial charge in [0, 0.05) is 54.3 Å². The van der Waals surface area contributed by atoms with Gasteiger partial charge in [0.2, 0.25) is 0 Å². The number of carbonyl (C=O) groups is 1. The van der Waals surface area contributed by atoms with Gasteiger partial charge in [0.25, 0.3) is 0 Å². The maximum Gasteiger partial charge on any atom is 0.317 e. The number of likely N-dealkylation sites (tertiary alicyclic amines) is 1. The number of amides is 2. The Balaban J connectivity index is 1.58. The second-order valence-electron chi connectivity index (χ2n) is 5.94. The summed E-state index contributed by atoms with van der Waals surface area (Å²) in [5, 5.41) is 4.78. The lowest BCUT2D eigenvalue weighted by molar-refractivity contribution is 0.169. The molecule has 6 heteroatoms. The van der Waals surface area contributed by atoms with Crippen molar-refractivity contribution in [2.75, 3.05) is 33.4 Å². The maximum atomic E-state index is 12.0. The van der Waals surface area contributed by atoms with Crippen LogP contribution in [-0.4, -0.2) is 49.3 Å². The van der Waals surface area contributed by atoms with E-state index in [-0.39, 0.29) is 6.03 Å². The molecule has 0 saturated carbocycles. The average molecular weight is 336 g/mol. The molecule has 2 heterocycles. The van der Waals surface area contributed by atoms with Gasteiger partial charge in [-0.3, -0.25) is 0 Å². The number of carbonyl (C=O) groups excluding carboxylic acids is 1. The third kappa shape index (κ3) is 3.79. The average Bonchev–Trinajstić information content (AvgIpc) is 2.98. The molecule has 1 saturated heterocycles. The van der Waals surface area contributed by atoms with Crippen LogP contribution in [0.25, 0.3) is 10.9 Å². The van der Waals surface area contributed by atoms with Crippen molar-refractivity contribution in [3.05, 3.63) is 35.0 Å². The van der Waals surface area contributed by atoms with Crippen molar-refractivity contribution in [3.63, 3.8) is 0 Å². The van der Waals surface area contributed by atoms with Crippen molar-refractivity contribution in [2.45, 2.75) is 18.8 Å². The fraction of sp³-hybridized carbons (Fsp3) is 0.471. The van der Waals surface area contributed by atoms with E-state index < -0.39 is 0 Å². The summed E-state index contributed by atoms with van der Waals surface area (Å²) in [7, 11) is 1.63. The maximum absolute atomic E-state index is 12.0. The zero-order valence-electron chi connectivity index (χ0n) is 13.3. The monoisotopic (exact) mass is 335 g/mol. The van der Waals surface area contributed by atoms with E-state index in [2.05, 4.69) is 16.4 Å². The molecule has 1 aliphatic rings. The highest BCUT2D eigenvalue weighted by molar-refractivity contribution is 6.31. The van der Waals surface area contributed by atoms with Gasteiger partial charge in [-0.15, -0.1) is 0 Å². The molecule has 3 rings (SSSR count). The molecular formula is C17H22ClN3O2. The Morgan fingerprint density at radius 3 is 2.91 bits per heavy atom. The minimum Gasteiger partial charge on any atom is -0.383 e. The number of urea groups is 1. The van der Waals surface area contributed by atoms with Crippen LogP contribution in [0.4, 0.5) is 4.79 Å². The van der Waals surface area contributed by atoms with Gasteiger partial charge >= 0.3 is 6.03 Å². The first-order chi connectivity index (χ1) is 11.2. The van der Waals surface area contributed by atoms with Gasteiger partial charge in [-0.1, -0.05) is 11.6 Å². The number of methoxy groups -OCH3 is 1. The van der Waals surface area contributed by atoms with Crippen LogP contribution in [0.5, 0.6) is 0 Å². The largest absolute Gasteiger partial charge is 0.383 e. The lowest BCUT2D eigenvalue weighted by atomic mass is 9.94. The Labute approximate surface area is 140 Å². The van der Waals surface area contributed by atoms with Gasteiger partial charge in [-0.2, -0.15) is 0 Å². The van der Waals surface area contributed by atoms with E-state index in [0.717, 1.165) is 41.9 Å². The Morgan fingerprint density at radius 2 is 2.17 bits per heavy atom. The van der Waals surface area contributed by atoms with Crippen molar-refractivity contribution < 1.29 is 9.53 Å². The summed E-state index contributed by atoms with van der Waals surface area (Å²) >= 11 is 6.05. The van der Waals surface area contributed by atoms with E-state index in [4.69, 9.17) is 16.3 Å². The molecular weight excluding hydrogens is 314 g/mol. The molecule has 0 bridgehead atoms. The Morgan fingerprint density at radius 1 is 1.39 bits per heavy atom. The van der Waals surface area contributed by atoms with E-state index >= 15 is 0 Å². The van der Waals surface area contributed by atoms with Crippen molar-refractivity contribution >= 4 is 28.5 Å². The molecule has 2 aromatic rings. The van der Waals surface area contributed by atoms with Crippen LogP contribution >= 0.6 is 11.6 Å². The van der Waals surface area contributed by atoms with E-state index in [9.17, 15) is 4.79 Å². The van der Waals surface area contributed by atoms with Gasteiger partial charge in [0.15, 0.2) is 0 Å². The van der Waals surface area contributed by atoms with E-state index in [0.29, 0.717) is 19.1 Å². The summed E-state index contributed by atoms with van der Waals surface area (Å²) in [6.45, 7) is 2.65. The molecule has 1 aromatic heterocycles. The van der Waals surface area contributed by atoms with Crippen LogP contribution in [0.3, 0.4) is 0 Å². The predicted molar refractivity (Wildman–Crippen MR) is 92.1 cm³/mol. The lowest BCUT2D eigenvalue weighted by Gasteiger charge is -2.31. The summed E-state index contributed by atoms with van der Waals surface area (Å²) in [6.07, 6.45) is 1.94. The molecule has 1 aliphatic heterocycles. The van der Waals surface area contributed by atoms with Crippen molar-refractivity contribution in [3.8, 4) is 0 Å². The minimum atomic E-state index is 0.00364. The first kappa shape index (κ1) is 16.1. The van der Waals surface area contributed by atoms with Gasteiger partial charge in [0.1, 0.15) is 0 Å². The van der Waals surface area contributed by atoms with E-state index in [1.54, 1.807) is 7.11 Å². The van der Waals surface area contributed by atoms with Crippen molar-refractivity contribution in [2.24, 2.45) is 0 Å². The molecule has 0 unspecified atom stereocenters. The second-order valence-corrected chi connectivity index (χ2v) is 6.38. The van der Waals surface area contributed by atoms with Gasteiger partial charge in [0.05, 0.1) is 6.61 Å². The predicted octanol–water partition coefficient (Wildman–Crippen LogP) is 3.36. The third-order valence-corrected chi connectivity index (χ3v) is 4.64. The van der Waals surface area contributed by atoms with Crippen LogP contribution in [-0.2, 0) is 4.74 Å². The molecule has 2 amide bonds. The molecule has 5 nitrogen and oxygen atoms in total. The number of nitrogens with zero attached hydrogens (tertiary/aromatic N) is 1. The Bertz CT molecular complexity index is 678. The molecule has 2 N–H and O–H groups in total. The summed E-state index contributed by atoms with van der Waals surface area (Å²) in [6, 6.07) is 8.08. The number of fused-ring (bicyclic) bond motifs is 1. The van der Waals surface area contributed by atoms with Crippen LogP contribution < -0.4 is 5.32 Å². The molecule has 1 aromatic carbocycles. The number of piperidine rings is 1. The van der Waals surface area contributed by atoms with E-state index in [1.165, 1.54) is 5.69 Å². The number of hydrogen-bond donors (Lipinski definition) is 2. The number of aromatic amines is 1. The fourth-order valence-electron chi connectivity index (χ4n) is 3.11. The molecule has 1 fully saturated rings. The highest BCUT2D eigenvalue weighted by atomic mass is 35.5. The first-order valence-corrected chi connectivity index (χ1v) is 8.35. The fourth-order valence-corrected chi connectivity index (χ4v) is 3.29. The van der Waals surface area contributed by atoms with Crippen molar-refractivity contribution in [1.29, 1.82) is 0 Å². The number of hydrogen-bond acceptors (Lipinski definition) is 2. The standard InChI is InChI=1S/C17H22ClN3O2/c1-23-9-6-19-17(22)21-7-4-12(5-8-21)16-11-13-10-14(18)2-3-15(13)20-16/h2-3,10-12,20H,4-9H2,1H3,(H,19,22). The first-order valence-electron chi connectivity index (χ1n) is 7.97. The summed E-state index contributed by atoms with van der Waals surface area (Å²) in [5.74, 6) is 0.462. The minimum absolute atomic E-state index is 0.00364. The number of ether oxygens (including phenoxy) is 1. The van der Waals surface area contributed by atoms with Crippen LogP contribution in [0.1, 0.15) is 24.5 Å². The van der Waals surface area contributed by atoms with Gasteiger partial charge < -0.3 is 19.9 Å². The van der Waals surface area contributed by atoms with Crippen molar-refractivity contribution in [1.82, 2.24) is 15.2 Å². The number of rotatable bonds is 4. The summed E-state index contributed by atoms with van der Waals surface area (Å²) in [4.78, 5) is 17.4. The molecule has 0 radical (unpaired) electrons. The summed E-state index contributed by atoms with van der Waals surface area (Å²) in [5.41, 5.74) is 2.35. The smallest absolute Gasteiger partial charge is 0.317 e. The zero-order valence-corrected chi connectivity index (χ0v) is 14.0. The third-order valence-electron chi connectivity index (χ3n) is 4.41. The summed E-state index contributed by atoms with van der Waals surface area (Å²) < 4.78 is 4.94. The van der Waals surface area contributed by atoms with Crippen LogP contribution in [0.2, 0.25) is 5.02 Å². The molecule has 0 aliphatic carbocycles.